The van der Waals surface area contributed by atoms with Crippen LogP contribution in [-0.2, 0) is 9.59 Å². The third-order valence-corrected chi connectivity index (χ3v) is 7.00. The molecule has 0 saturated carbocycles. The van der Waals surface area contributed by atoms with E-state index in [2.05, 4.69) is 10.2 Å². The van der Waals surface area contributed by atoms with E-state index in [1.807, 2.05) is 44.2 Å². The van der Waals surface area contributed by atoms with E-state index >= 15 is 0 Å². The van der Waals surface area contributed by atoms with Crippen molar-refractivity contribution in [1.29, 1.82) is 0 Å². The second kappa shape index (κ2) is 10.4. The molecule has 0 aromatic heterocycles. The average Bonchev–Trinajstić information content (AvgIpc) is 3.45. The standard InChI is InChI=1S/C26H29N3O5S/c1-16-7-8-19(17(2)11-16)27-24(30)15-29-25(31)23(35-26(29)32)13-18-12-22(34-4)20(14-21(18)33-3)28-9-5-6-10-28/h7-8,11-14H,5-6,9-10,15H2,1-4H3,(H,27,30)/b23-13+. The minimum absolute atomic E-state index is 0.226. The maximum absolute atomic E-state index is 13.0. The molecule has 2 saturated heterocycles. The summed E-state index contributed by atoms with van der Waals surface area (Å²) in [6.07, 6.45) is 3.86. The Kier molecular flexibility index (Phi) is 7.35. The van der Waals surface area contributed by atoms with Crippen molar-refractivity contribution in [2.45, 2.75) is 26.7 Å². The molecule has 3 amide bonds. The number of methoxy groups -OCH3 is 2. The molecule has 35 heavy (non-hydrogen) atoms. The van der Waals surface area contributed by atoms with E-state index in [4.69, 9.17) is 9.47 Å². The Hall–Kier alpha value is -3.46. The van der Waals surface area contributed by atoms with Crippen LogP contribution in [0, 0.1) is 13.8 Å². The molecule has 0 aliphatic carbocycles. The van der Waals surface area contributed by atoms with Crippen LogP contribution in [-0.4, -0.2) is 55.8 Å². The minimum Gasteiger partial charge on any atom is -0.496 e. The quantitative estimate of drug-likeness (QED) is 0.562. The fraction of sp³-hybridized carbons (Fsp3) is 0.346. The van der Waals surface area contributed by atoms with Gasteiger partial charge in [0.05, 0.1) is 24.8 Å². The van der Waals surface area contributed by atoms with Crippen molar-refractivity contribution >= 4 is 46.3 Å². The second-order valence-electron chi connectivity index (χ2n) is 8.59. The number of carbonyl (C=O) groups is 3. The molecule has 2 fully saturated rings. The number of nitrogens with zero attached hydrogens (tertiary/aromatic N) is 2. The van der Waals surface area contributed by atoms with Crippen LogP contribution in [0.5, 0.6) is 11.5 Å². The summed E-state index contributed by atoms with van der Waals surface area (Å²) in [5.74, 6) is 0.299. The largest absolute Gasteiger partial charge is 0.496 e. The van der Waals surface area contributed by atoms with Crippen LogP contribution < -0.4 is 19.7 Å². The maximum atomic E-state index is 13.0. The van der Waals surface area contributed by atoms with Gasteiger partial charge in [-0.05, 0) is 62.2 Å². The lowest BCUT2D eigenvalue weighted by Crippen LogP contribution is -2.36. The molecule has 0 atom stereocenters. The fourth-order valence-corrected chi connectivity index (χ4v) is 5.12. The molecule has 0 radical (unpaired) electrons. The molecule has 0 spiro atoms. The highest BCUT2D eigenvalue weighted by molar-refractivity contribution is 8.18. The van der Waals surface area contributed by atoms with Crippen LogP contribution in [0.4, 0.5) is 16.2 Å². The highest BCUT2D eigenvalue weighted by Crippen LogP contribution is 2.40. The van der Waals surface area contributed by atoms with Crippen molar-refractivity contribution < 1.29 is 23.9 Å². The molecule has 2 aliphatic heterocycles. The van der Waals surface area contributed by atoms with Gasteiger partial charge < -0.3 is 19.7 Å². The lowest BCUT2D eigenvalue weighted by Gasteiger charge is -2.22. The number of hydrogen-bond donors (Lipinski definition) is 1. The number of anilines is 2. The van der Waals surface area contributed by atoms with Gasteiger partial charge in [-0.25, -0.2) is 0 Å². The van der Waals surface area contributed by atoms with Gasteiger partial charge in [0.1, 0.15) is 18.0 Å². The van der Waals surface area contributed by atoms with Crippen LogP contribution in [0.2, 0.25) is 0 Å². The van der Waals surface area contributed by atoms with Crippen molar-refractivity contribution in [2.75, 3.05) is 44.1 Å². The molecule has 0 unspecified atom stereocenters. The summed E-state index contributed by atoms with van der Waals surface area (Å²) < 4.78 is 11.2. The van der Waals surface area contributed by atoms with Crippen LogP contribution in [0.3, 0.4) is 0 Å². The molecular formula is C26H29N3O5S. The van der Waals surface area contributed by atoms with E-state index in [9.17, 15) is 14.4 Å². The van der Waals surface area contributed by atoms with Crippen molar-refractivity contribution in [3.05, 3.63) is 51.9 Å². The van der Waals surface area contributed by atoms with Gasteiger partial charge in [0.2, 0.25) is 5.91 Å². The number of amides is 3. The van der Waals surface area contributed by atoms with E-state index in [1.54, 1.807) is 20.3 Å². The predicted octanol–water partition coefficient (Wildman–Crippen LogP) is 4.60. The Labute approximate surface area is 209 Å². The SMILES string of the molecule is COc1cc(N2CCCC2)c(OC)cc1/C=C1/SC(=O)N(CC(=O)Nc2ccc(C)cc2C)C1=O. The summed E-state index contributed by atoms with van der Waals surface area (Å²) >= 11 is 0.804. The first-order valence-electron chi connectivity index (χ1n) is 11.4. The lowest BCUT2D eigenvalue weighted by atomic mass is 10.1. The van der Waals surface area contributed by atoms with Crippen LogP contribution in [0.1, 0.15) is 29.5 Å². The van der Waals surface area contributed by atoms with Gasteiger partial charge in [-0.2, -0.15) is 0 Å². The van der Waals surface area contributed by atoms with Crippen LogP contribution >= 0.6 is 11.8 Å². The third kappa shape index (κ3) is 5.30. The molecule has 4 rings (SSSR count). The Morgan fingerprint density at radius 2 is 1.77 bits per heavy atom. The predicted molar refractivity (Wildman–Crippen MR) is 138 cm³/mol. The number of rotatable bonds is 7. The van der Waals surface area contributed by atoms with Crippen molar-refractivity contribution in [3.8, 4) is 11.5 Å². The zero-order valence-corrected chi connectivity index (χ0v) is 21.2. The highest BCUT2D eigenvalue weighted by atomic mass is 32.2. The van der Waals surface area contributed by atoms with E-state index in [0.717, 1.165) is 59.4 Å². The smallest absolute Gasteiger partial charge is 0.294 e. The molecule has 8 nitrogen and oxygen atoms in total. The van der Waals surface area contributed by atoms with Gasteiger partial charge in [-0.15, -0.1) is 0 Å². The van der Waals surface area contributed by atoms with Crippen LogP contribution in [0.15, 0.2) is 35.2 Å². The zero-order chi connectivity index (χ0) is 25.1. The minimum atomic E-state index is -0.514. The molecule has 1 N–H and O–H groups in total. The van der Waals surface area contributed by atoms with Gasteiger partial charge in [0, 0.05) is 30.4 Å². The summed E-state index contributed by atoms with van der Waals surface area (Å²) in [5, 5.41) is 2.29. The van der Waals surface area contributed by atoms with Crippen molar-refractivity contribution in [1.82, 2.24) is 4.90 Å². The number of thioether (sulfide) groups is 1. The van der Waals surface area contributed by atoms with Gasteiger partial charge >= 0.3 is 0 Å². The van der Waals surface area contributed by atoms with Gasteiger partial charge in [0.25, 0.3) is 11.1 Å². The number of ether oxygens (including phenoxy) is 2. The maximum Gasteiger partial charge on any atom is 0.294 e. The lowest BCUT2D eigenvalue weighted by molar-refractivity contribution is -0.127. The topological polar surface area (TPSA) is 88.2 Å². The van der Waals surface area contributed by atoms with Crippen molar-refractivity contribution in [2.24, 2.45) is 0 Å². The Bertz CT molecular complexity index is 1200. The number of imide groups is 1. The van der Waals surface area contributed by atoms with Gasteiger partial charge in [0.15, 0.2) is 0 Å². The number of hydrogen-bond acceptors (Lipinski definition) is 7. The molecule has 2 heterocycles. The van der Waals surface area contributed by atoms with E-state index < -0.39 is 17.1 Å². The first-order valence-corrected chi connectivity index (χ1v) is 12.3. The Morgan fingerprint density at radius 1 is 1.06 bits per heavy atom. The molecule has 0 bridgehead atoms. The van der Waals surface area contributed by atoms with E-state index in [0.29, 0.717) is 22.7 Å². The highest BCUT2D eigenvalue weighted by Gasteiger charge is 2.36. The molecule has 2 aromatic carbocycles. The van der Waals surface area contributed by atoms with Crippen molar-refractivity contribution in [3.63, 3.8) is 0 Å². The summed E-state index contributed by atoms with van der Waals surface area (Å²) in [6, 6.07) is 9.37. The van der Waals surface area contributed by atoms with E-state index in [1.165, 1.54) is 0 Å². The third-order valence-electron chi connectivity index (χ3n) is 6.10. The number of benzene rings is 2. The molecule has 184 valence electrons. The second-order valence-corrected chi connectivity index (χ2v) is 9.59. The van der Waals surface area contributed by atoms with Gasteiger partial charge in [-0.3, -0.25) is 19.3 Å². The normalized spacial score (nSPS) is 16.9. The fourth-order valence-electron chi connectivity index (χ4n) is 4.29. The monoisotopic (exact) mass is 495 g/mol. The number of carbonyl (C=O) groups excluding carboxylic acids is 3. The first kappa shape index (κ1) is 24.7. The van der Waals surface area contributed by atoms with Crippen LogP contribution in [0.25, 0.3) is 6.08 Å². The number of aryl methyl sites for hydroxylation is 2. The number of nitrogens with one attached hydrogen (secondary N) is 1. The molecule has 9 heteroatoms. The average molecular weight is 496 g/mol. The molecule has 2 aliphatic rings. The summed E-state index contributed by atoms with van der Waals surface area (Å²) in [4.78, 5) is 41.6. The molecule has 2 aromatic rings. The summed E-state index contributed by atoms with van der Waals surface area (Å²) in [6.45, 7) is 5.39. The van der Waals surface area contributed by atoms with E-state index in [-0.39, 0.29) is 11.4 Å². The Morgan fingerprint density at radius 3 is 2.43 bits per heavy atom. The molecular weight excluding hydrogens is 466 g/mol. The Balaban J connectivity index is 1.53. The first-order chi connectivity index (χ1) is 16.8. The summed E-state index contributed by atoms with van der Waals surface area (Å²) in [5.41, 5.74) is 4.20. The summed E-state index contributed by atoms with van der Waals surface area (Å²) in [7, 11) is 3.17. The zero-order valence-electron chi connectivity index (χ0n) is 20.3. The van der Waals surface area contributed by atoms with Gasteiger partial charge in [-0.1, -0.05) is 17.7 Å².